The molecule has 2 N–H and O–H groups in total. The molecular formula is C13H17N3OS. The molecule has 1 amide bonds. The number of nitrogens with zero attached hydrogens (tertiary/aromatic N) is 2. The average molecular weight is 263 g/mol. The van der Waals surface area contributed by atoms with Crippen molar-refractivity contribution in [2.24, 2.45) is 5.73 Å². The van der Waals surface area contributed by atoms with Crippen LogP contribution >= 0.6 is 11.3 Å². The van der Waals surface area contributed by atoms with Crippen molar-refractivity contribution in [1.29, 1.82) is 0 Å². The van der Waals surface area contributed by atoms with E-state index >= 15 is 0 Å². The van der Waals surface area contributed by atoms with Crippen LogP contribution in [0.5, 0.6) is 0 Å². The first-order valence-corrected chi connectivity index (χ1v) is 6.74. The van der Waals surface area contributed by atoms with Crippen LogP contribution in [0.2, 0.25) is 0 Å². The van der Waals surface area contributed by atoms with E-state index in [1.807, 2.05) is 23.1 Å². The molecule has 0 unspecified atom stereocenters. The summed E-state index contributed by atoms with van der Waals surface area (Å²) in [4.78, 5) is 17.6. The van der Waals surface area contributed by atoms with Crippen LogP contribution in [0.1, 0.15) is 18.9 Å². The molecule has 4 nitrogen and oxygen atoms in total. The van der Waals surface area contributed by atoms with Crippen molar-refractivity contribution in [3.05, 3.63) is 29.3 Å². The van der Waals surface area contributed by atoms with Gasteiger partial charge in [0, 0.05) is 6.04 Å². The number of hydrogen-bond donors (Lipinski definition) is 1. The van der Waals surface area contributed by atoms with Gasteiger partial charge in [-0.2, -0.15) is 0 Å². The van der Waals surface area contributed by atoms with Crippen LogP contribution < -0.4 is 5.73 Å². The van der Waals surface area contributed by atoms with Gasteiger partial charge in [0.15, 0.2) is 0 Å². The molecule has 18 heavy (non-hydrogen) atoms. The highest BCUT2D eigenvalue weighted by Gasteiger charge is 2.14. The van der Waals surface area contributed by atoms with Crippen LogP contribution in [0.15, 0.2) is 24.3 Å². The van der Waals surface area contributed by atoms with E-state index in [4.69, 9.17) is 5.73 Å². The standard InChI is InChI=1S/C13H17N3OS/c1-9(2)16(7-12(14)17)8-13-15-10-5-3-4-6-11(10)18-13/h3-6,9H,7-8H2,1-2H3,(H2,14,17). The molecule has 0 saturated carbocycles. The average Bonchev–Trinajstić information content (AvgIpc) is 2.69. The first-order valence-electron chi connectivity index (χ1n) is 5.93. The second kappa shape index (κ2) is 5.46. The Kier molecular flexibility index (Phi) is 3.93. The summed E-state index contributed by atoms with van der Waals surface area (Å²) in [7, 11) is 0. The Morgan fingerprint density at radius 3 is 2.78 bits per heavy atom. The fraction of sp³-hybridized carbons (Fsp3) is 0.385. The lowest BCUT2D eigenvalue weighted by molar-refractivity contribution is -0.119. The van der Waals surface area contributed by atoms with Crippen molar-refractivity contribution in [2.75, 3.05) is 6.54 Å². The Balaban J connectivity index is 2.17. The lowest BCUT2D eigenvalue weighted by Gasteiger charge is -2.23. The highest BCUT2D eigenvalue weighted by atomic mass is 32.1. The molecule has 1 aromatic heterocycles. The lowest BCUT2D eigenvalue weighted by atomic mass is 10.3. The Labute approximate surface area is 110 Å². The van der Waals surface area contributed by atoms with Crippen LogP contribution in [-0.2, 0) is 11.3 Å². The third kappa shape index (κ3) is 3.05. The number of benzene rings is 1. The maximum Gasteiger partial charge on any atom is 0.231 e. The Morgan fingerprint density at radius 2 is 2.17 bits per heavy atom. The fourth-order valence-corrected chi connectivity index (χ4v) is 2.78. The predicted molar refractivity (Wildman–Crippen MR) is 74.4 cm³/mol. The van der Waals surface area contributed by atoms with Gasteiger partial charge in [0.05, 0.1) is 23.3 Å². The molecule has 0 radical (unpaired) electrons. The van der Waals surface area contributed by atoms with Crippen LogP contribution in [0.4, 0.5) is 0 Å². The van der Waals surface area contributed by atoms with Crippen molar-refractivity contribution in [3.63, 3.8) is 0 Å². The maximum absolute atomic E-state index is 11.0. The van der Waals surface area contributed by atoms with E-state index in [2.05, 4.69) is 24.9 Å². The van der Waals surface area contributed by atoms with Crippen LogP contribution in [0.3, 0.4) is 0 Å². The summed E-state index contributed by atoms with van der Waals surface area (Å²) in [5, 5.41) is 1.02. The largest absolute Gasteiger partial charge is 0.369 e. The smallest absolute Gasteiger partial charge is 0.231 e. The van der Waals surface area contributed by atoms with Crippen LogP contribution in [-0.4, -0.2) is 28.4 Å². The summed E-state index contributed by atoms with van der Waals surface area (Å²) in [6, 6.07) is 8.32. The molecule has 0 fully saturated rings. The number of thiazole rings is 1. The monoisotopic (exact) mass is 263 g/mol. The maximum atomic E-state index is 11.0. The fourth-order valence-electron chi connectivity index (χ4n) is 1.78. The van der Waals surface area contributed by atoms with Crippen molar-refractivity contribution in [1.82, 2.24) is 9.88 Å². The lowest BCUT2D eigenvalue weighted by Crippen LogP contribution is -2.37. The van der Waals surface area contributed by atoms with Gasteiger partial charge in [-0.3, -0.25) is 9.69 Å². The first-order chi connectivity index (χ1) is 8.56. The Morgan fingerprint density at radius 1 is 1.44 bits per heavy atom. The summed E-state index contributed by atoms with van der Waals surface area (Å²) >= 11 is 1.67. The molecule has 0 aliphatic heterocycles. The molecule has 0 aliphatic carbocycles. The minimum absolute atomic E-state index is 0.268. The normalized spacial score (nSPS) is 11.6. The molecule has 0 bridgehead atoms. The van der Waals surface area contributed by atoms with E-state index in [-0.39, 0.29) is 18.5 Å². The number of carbonyl (C=O) groups excluding carboxylic acids is 1. The van der Waals surface area contributed by atoms with E-state index in [0.29, 0.717) is 6.54 Å². The summed E-state index contributed by atoms with van der Waals surface area (Å²) in [5.41, 5.74) is 6.28. The van der Waals surface area contributed by atoms with Gasteiger partial charge in [-0.15, -0.1) is 11.3 Å². The van der Waals surface area contributed by atoms with Crippen molar-refractivity contribution >= 4 is 27.5 Å². The molecule has 0 saturated heterocycles. The number of para-hydroxylation sites is 1. The summed E-state index contributed by atoms with van der Waals surface area (Å²) in [6.45, 7) is 5.04. The number of amides is 1. The summed E-state index contributed by atoms with van der Waals surface area (Å²) in [5.74, 6) is -0.301. The minimum Gasteiger partial charge on any atom is -0.369 e. The highest BCUT2D eigenvalue weighted by molar-refractivity contribution is 7.18. The van der Waals surface area contributed by atoms with E-state index in [1.165, 1.54) is 4.70 Å². The van der Waals surface area contributed by atoms with Crippen molar-refractivity contribution < 1.29 is 4.79 Å². The number of fused-ring (bicyclic) bond motifs is 1. The van der Waals surface area contributed by atoms with Gasteiger partial charge in [0.25, 0.3) is 0 Å². The van der Waals surface area contributed by atoms with Gasteiger partial charge < -0.3 is 5.73 Å². The Hall–Kier alpha value is -1.46. The van der Waals surface area contributed by atoms with E-state index in [1.54, 1.807) is 11.3 Å². The molecule has 96 valence electrons. The Bertz CT molecular complexity index is 517. The molecule has 2 aromatic rings. The predicted octanol–water partition coefficient (Wildman–Crippen LogP) is 1.99. The second-order valence-corrected chi connectivity index (χ2v) is 5.66. The molecule has 0 spiro atoms. The van der Waals surface area contributed by atoms with Crippen molar-refractivity contribution in [2.45, 2.75) is 26.4 Å². The molecule has 0 aliphatic rings. The molecular weight excluding hydrogens is 246 g/mol. The molecule has 1 heterocycles. The topological polar surface area (TPSA) is 59.2 Å². The van der Waals surface area contributed by atoms with Crippen LogP contribution in [0, 0.1) is 0 Å². The number of carbonyl (C=O) groups is 1. The zero-order valence-corrected chi connectivity index (χ0v) is 11.4. The third-order valence-electron chi connectivity index (χ3n) is 2.77. The van der Waals surface area contributed by atoms with Crippen LogP contribution in [0.25, 0.3) is 10.2 Å². The molecule has 2 rings (SSSR count). The number of aromatic nitrogens is 1. The van der Waals surface area contributed by atoms with Gasteiger partial charge in [0.1, 0.15) is 5.01 Å². The molecule has 0 atom stereocenters. The number of nitrogens with two attached hydrogens (primary N) is 1. The number of rotatable bonds is 5. The van der Waals surface area contributed by atoms with Gasteiger partial charge in [0.2, 0.25) is 5.91 Å². The van der Waals surface area contributed by atoms with E-state index in [9.17, 15) is 4.79 Å². The summed E-state index contributed by atoms with van der Waals surface area (Å²) < 4.78 is 1.18. The highest BCUT2D eigenvalue weighted by Crippen LogP contribution is 2.23. The van der Waals surface area contributed by atoms with Gasteiger partial charge >= 0.3 is 0 Å². The molecule has 1 aromatic carbocycles. The zero-order valence-electron chi connectivity index (χ0n) is 10.6. The summed E-state index contributed by atoms with van der Waals surface area (Å²) in [6.07, 6.45) is 0. The van der Waals surface area contributed by atoms with E-state index in [0.717, 1.165) is 10.5 Å². The minimum atomic E-state index is -0.301. The second-order valence-electron chi connectivity index (χ2n) is 4.54. The third-order valence-corrected chi connectivity index (χ3v) is 3.79. The van der Waals surface area contributed by atoms with Gasteiger partial charge in [-0.25, -0.2) is 4.98 Å². The number of hydrogen-bond acceptors (Lipinski definition) is 4. The van der Waals surface area contributed by atoms with E-state index < -0.39 is 0 Å². The first kappa shape index (κ1) is 13.0. The molecule has 5 heteroatoms. The number of primary amides is 1. The quantitative estimate of drug-likeness (QED) is 0.897. The SMILES string of the molecule is CC(C)N(CC(N)=O)Cc1nc2ccccc2s1. The van der Waals surface area contributed by atoms with Gasteiger partial charge in [-0.05, 0) is 26.0 Å². The zero-order chi connectivity index (χ0) is 13.1. The van der Waals surface area contributed by atoms with Gasteiger partial charge in [-0.1, -0.05) is 12.1 Å². The van der Waals surface area contributed by atoms with Crippen molar-refractivity contribution in [3.8, 4) is 0 Å².